The second kappa shape index (κ2) is 6.98. The Balaban J connectivity index is 1.87. The van der Waals surface area contributed by atoms with Gasteiger partial charge in [-0.2, -0.15) is 0 Å². The minimum Gasteiger partial charge on any atom is -0.233 e. The van der Waals surface area contributed by atoms with Crippen molar-refractivity contribution in [2.24, 2.45) is 4.99 Å². The molecular weight excluding hydrogens is 316 g/mol. The fourth-order valence-electron chi connectivity index (χ4n) is 3.24. The van der Waals surface area contributed by atoms with Crippen LogP contribution in [0.1, 0.15) is 46.7 Å². The second-order valence-electron chi connectivity index (χ2n) is 6.64. The zero-order valence-corrected chi connectivity index (χ0v) is 14.8. The average Bonchev–Trinajstić information content (AvgIpc) is 3.52. The Labute approximate surface area is 154 Å². The van der Waals surface area contributed by atoms with Crippen LogP contribution in [0.4, 0.5) is 5.82 Å². The lowest BCUT2D eigenvalue weighted by Gasteiger charge is -2.10. The molecule has 0 N–H and O–H groups in total. The minimum absolute atomic E-state index is 0.564. The number of aliphatic imine (C=N–C) groups is 1. The van der Waals surface area contributed by atoms with Crippen molar-refractivity contribution >= 4 is 11.5 Å². The molecule has 4 rings (SSSR count). The molecule has 1 aliphatic rings. The first-order valence-corrected chi connectivity index (χ1v) is 8.94. The normalized spacial score (nSPS) is 13.1. The van der Waals surface area contributed by atoms with Gasteiger partial charge in [0.2, 0.25) is 0 Å². The highest BCUT2D eigenvalue weighted by Crippen LogP contribution is 2.43. The van der Waals surface area contributed by atoms with Crippen molar-refractivity contribution < 1.29 is 0 Å². The fourth-order valence-corrected chi connectivity index (χ4v) is 3.24. The predicted octanol–water partition coefficient (Wildman–Crippen LogP) is 5.42. The van der Waals surface area contributed by atoms with Crippen molar-refractivity contribution in [2.45, 2.75) is 25.7 Å². The van der Waals surface area contributed by atoms with Gasteiger partial charge in [-0.25, -0.2) is 9.98 Å². The molecule has 1 aliphatic carbocycles. The maximum atomic E-state index is 5.72. The topological polar surface area (TPSA) is 25.2 Å². The summed E-state index contributed by atoms with van der Waals surface area (Å²) in [4.78, 5) is 9.62. The van der Waals surface area contributed by atoms with Crippen molar-refractivity contribution in [3.8, 4) is 12.3 Å². The molecule has 0 aliphatic heterocycles. The van der Waals surface area contributed by atoms with Gasteiger partial charge in [-0.05, 0) is 37.3 Å². The van der Waals surface area contributed by atoms with Gasteiger partial charge in [-0.1, -0.05) is 66.6 Å². The molecule has 0 amide bonds. The van der Waals surface area contributed by atoms with Gasteiger partial charge in [0, 0.05) is 16.7 Å². The molecule has 3 aromatic rings. The number of hydrogen-bond donors (Lipinski definition) is 0. The molecule has 0 atom stereocenters. The van der Waals surface area contributed by atoms with Crippen LogP contribution in [0.5, 0.6) is 0 Å². The third-order valence-electron chi connectivity index (χ3n) is 4.70. The average molecular weight is 336 g/mol. The van der Waals surface area contributed by atoms with E-state index in [0.29, 0.717) is 5.92 Å². The number of benzene rings is 2. The zero-order chi connectivity index (χ0) is 17.9. The molecule has 126 valence electrons. The van der Waals surface area contributed by atoms with Crippen LogP contribution < -0.4 is 0 Å². The lowest BCUT2D eigenvalue weighted by Crippen LogP contribution is -2.03. The molecule has 2 nitrogen and oxygen atoms in total. The van der Waals surface area contributed by atoms with Crippen LogP contribution in [-0.4, -0.2) is 10.7 Å². The number of terminal acetylenes is 1. The van der Waals surface area contributed by atoms with Crippen LogP contribution in [0.3, 0.4) is 0 Å². The van der Waals surface area contributed by atoms with E-state index in [1.807, 2.05) is 43.3 Å². The zero-order valence-electron chi connectivity index (χ0n) is 14.8. The van der Waals surface area contributed by atoms with Crippen LogP contribution in [0.25, 0.3) is 0 Å². The number of aromatic nitrogens is 1. The van der Waals surface area contributed by atoms with Crippen molar-refractivity contribution in [3.63, 3.8) is 0 Å². The number of aryl methyl sites for hydroxylation is 1. The smallest absolute Gasteiger partial charge is 0.153 e. The summed E-state index contributed by atoms with van der Waals surface area (Å²) in [5, 5.41) is 0. The van der Waals surface area contributed by atoms with Crippen LogP contribution in [0.2, 0.25) is 0 Å². The summed E-state index contributed by atoms with van der Waals surface area (Å²) >= 11 is 0. The predicted molar refractivity (Wildman–Crippen MR) is 107 cm³/mol. The van der Waals surface area contributed by atoms with Crippen LogP contribution in [0.15, 0.2) is 71.7 Å². The SMILES string of the molecule is C#Cc1c(C2CC2)cc(N=C(c2ccccc2)c2ccccc2)nc1C. The quantitative estimate of drug-likeness (QED) is 0.461. The first kappa shape index (κ1) is 16.3. The molecule has 2 heteroatoms. The molecule has 0 saturated heterocycles. The van der Waals surface area contributed by atoms with Crippen LogP contribution >= 0.6 is 0 Å². The largest absolute Gasteiger partial charge is 0.233 e. The Morgan fingerprint density at radius 1 is 1.00 bits per heavy atom. The van der Waals surface area contributed by atoms with E-state index >= 15 is 0 Å². The third kappa shape index (κ3) is 3.30. The molecule has 0 spiro atoms. The van der Waals surface area contributed by atoms with Crippen molar-refractivity contribution in [1.29, 1.82) is 0 Å². The molecule has 0 radical (unpaired) electrons. The van der Waals surface area contributed by atoms with Crippen molar-refractivity contribution in [3.05, 3.63) is 94.7 Å². The number of rotatable bonds is 4. The molecular formula is C24H20N2. The molecule has 0 bridgehead atoms. The Morgan fingerprint density at radius 2 is 1.58 bits per heavy atom. The van der Waals surface area contributed by atoms with E-state index in [4.69, 9.17) is 11.4 Å². The monoisotopic (exact) mass is 336 g/mol. The molecule has 1 fully saturated rings. The van der Waals surface area contributed by atoms with Gasteiger partial charge in [0.15, 0.2) is 5.82 Å². The highest BCUT2D eigenvalue weighted by Gasteiger charge is 2.27. The van der Waals surface area contributed by atoms with E-state index in [1.165, 1.54) is 18.4 Å². The summed E-state index contributed by atoms with van der Waals surface area (Å²) in [6.07, 6.45) is 8.12. The van der Waals surface area contributed by atoms with E-state index in [0.717, 1.165) is 33.9 Å². The number of nitrogens with zero attached hydrogens (tertiary/aromatic N) is 2. The highest BCUT2D eigenvalue weighted by atomic mass is 14.9. The number of pyridine rings is 1. The Morgan fingerprint density at radius 3 is 2.08 bits per heavy atom. The lowest BCUT2D eigenvalue weighted by atomic mass is 10.0. The van der Waals surface area contributed by atoms with E-state index in [1.54, 1.807) is 0 Å². The molecule has 2 aromatic carbocycles. The first-order chi connectivity index (χ1) is 12.8. The maximum absolute atomic E-state index is 5.72. The van der Waals surface area contributed by atoms with Gasteiger partial charge in [0.05, 0.1) is 11.4 Å². The van der Waals surface area contributed by atoms with Gasteiger partial charge in [-0.15, -0.1) is 6.42 Å². The molecule has 0 unspecified atom stereocenters. The summed E-state index contributed by atoms with van der Waals surface area (Å²) in [5.74, 6) is 4.11. The van der Waals surface area contributed by atoms with Crippen LogP contribution in [0, 0.1) is 19.3 Å². The standard InChI is InChI=1S/C24H20N2/c1-3-21-17(2)25-23(16-22(21)18-14-15-18)26-24(19-10-6-4-7-11-19)20-12-8-5-9-13-20/h1,4-13,16,18H,14-15H2,2H3. The highest BCUT2D eigenvalue weighted by molar-refractivity contribution is 6.13. The second-order valence-corrected chi connectivity index (χ2v) is 6.64. The van der Waals surface area contributed by atoms with Gasteiger partial charge in [0.1, 0.15) is 0 Å². The van der Waals surface area contributed by atoms with E-state index < -0.39 is 0 Å². The van der Waals surface area contributed by atoms with E-state index in [-0.39, 0.29) is 0 Å². The minimum atomic E-state index is 0.564. The summed E-state index contributed by atoms with van der Waals surface area (Å²) in [6, 6.07) is 22.5. The molecule has 26 heavy (non-hydrogen) atoms. The Kier molecular flexibility index (Phi) is 4.37. The van der Waals surface area contributed by atoms with Gasteiger partial charge >= 0.3 is 0 Å². The van der Waals surface area contributed by atoms with Gasteiger partial charge < -0.3 is 0 Å². The Hall–Kier alpha value is -3.18. The Bertz CT molecular complexity index is 950. The summed E-state index contributed by atoms with van der Waals surface area (Å²) in [7, 11) is 0. The van der Waals surface area contributed by atoms with E-state index in [2.05, 4.69) is 41.2 Å². The summed E-state index contributed by atoms with van der Waals surface area (Å²) in [5.41, 5.74) is 6.12. The van der Waals surface area contributed by atoms with E-state index in [9.17, 15) is 0 Å². The van der Waals surface area contributed by atoms with Gasteiger partial charge in [0.25, 0.3) is 0 Å². The van der Waals surface area contributed by atoms with Crippen LogP contribution in [-0.2, 0) is 0 Å². The van der Waals surface area contributed by atoms with Gasteiger partial charge in [-0.3, -0.25) is 0 Å². The number of hydrogen-bond acceptors (Lipinski definition) is 2. The summed E-state index contributed by atoms with van der Waals surface area (Å²) in [6.45, 7) is 1.98. The maximum Gasteiger partial charge on any atom is 0.153 e. The molecule has 1 heterocycles. The molecule has 1 saturated carbocycles. The fraction of sp³-hybridized carbons (Fsp3) is 0.167. The summed E-state index contributed by atoms with van der Waals surface area (Å²) < 4.78 is 0. The molecule has 1 aromatic heterocycles. The van der Waals surface area contributed by atoms with Crippen molar-refractivity contribution in [1.82, 2.24) is 4.98 Å². The lowest BCUT2D eigenvalue weighted by molar-refractivity contribution is 1.06. The van der Waals surface area contributed by atoms with Crippen molar-refractivity contribution in [2.75, 3.05) is 0 Å². The first-order valence-electron chi connectivity index (χ1n) is 8.94. The third-order valence-corrected chi connectivity index (χ3v) is 4.70.